The number of hydrogen-bond donors (Lipinski definition) is 1. The Hall–Kier alpha value is -1.32. The van der Waals surface area contributed by atoms with Crippen molar-refractivity contribution < 1.29 is 0 Å². The number of benzene rings is 1. The number of rotatable bonds is 2. The number of nitrogens with two attached hydrogens (primary N) is 1. The first-order valence-corrected chi connectivity index (χ1v) is 7.27. The minimum atomic E-state index is 0.500. The fraction of sp³-hybridized carbons (Fsp3) is 0.333. The molecule has 0 aliphatic carbocycles. The number of nitrogens with zero attached hydrogens (tertiary/aromatic N) is 1. The van der Waals surface area contributed by atoms with Gasteiger partial charge < -0.3 is 5.73 Å². The Balaban J connectivity index is 1.81. The maximum Gasteiger partial charge on any atom is 0.0359 e. The highest BCUT2D eigenvalue weighted by Crippen LogP contribution is 2.34. The molecule has 0 spiro atoms. The number of para-hydroxylation sites is 1. The van der Waals surface area contributed by atoms with E-state index in [1.165, 1.54) is 17.5 Å². The predicted octanol–water partition coefficient (Wildman–Crippen LogP) is 3.45. The molecule has 2 heterocycles. The molecule has 94 valence electrons. The molecule has 0 radical (unpaired) electrons. The third-order valence-electron chi connectivity index (χ3n) is 3.83. The zero-order valence-corrected chi connectivity index (χ0v) is 11.4. The first-order chi connectivity index (χ1) is 8.75. The molecule has 1 aliphatic rings. The minimum absolute atomic E-state index is 0.500. The topological polar surface area (TPSA) is 29.3 Å². The molecule has 1 atom stereocenters. The zero-order valence-electron chi connectivity index (χ0n) is 10.6. The van der Waals surface area contributed by atoms with E-state index in [-0.39, 0.29) is 0 Å². The summed E-state index contributed by atoms with van der Waals surface area (Å²) in [6.07, 6.45) is 1.17. The van der Waals surface area contributed by atoms with Crippen molar-refractivity contribution in [2.75, 3.05) is 12.3 Å². The normalized spacial score (nSPS) is 19.7. The second-order valence-electron chi connectivity index (χ2n) is 4.89. The fourth-order valence-corrected chi connectivity index (χ4v) is 3.64. The maximum absolute atomic E-state index is 6.03. The largest absolute Gasteiger partial charge is 0.398 e. The van der Waals surface area contributed by atoms with E-state index in [4.69, 9.17) is 5.73 Å². The molecule has 18 heavy (non-hydrogen) atoms. The van der Waals surface area contributed by atoms with Crippen LogP contribution in [0.5, 0.6) is 0 Å². The number of anilines is 1. The average Bonchev–Trinajstić information content (AvgIpc) is 2.84. The van der Waals surface area contributed by atoms with Crippen molar-refractivity contribution in [2.24, 2.45) is 0 Å². The van der Waals surface area contributed by atoms with Gasteiger partial charge in [0.15, 0.2) is 0 Å². The van der Waals surface area contributed by atoms with Crippen LogP contribution in [-0.2, 0) is 13.0 Å². The summed E-state index contributed by atoms with van der Waals surface area (Å²) in [4.78, 5) is 4.07. The van der Waals surface area contributed by atoms with Crippen LogP contribution >= 0.6 is 11.3 Å². The van der Waals surface area contributed by atoms with E-state index < -0.39 is 0 Å². The van der Waals surface area contributed by atoms with Gasteiger partial charge >= 0.3 is 0 Å². The lowest BCUT2D eigenvalue weighted by atomic mass is 10.0. The van der Waals surface area contributed by atoms with E-state index in [2.05, 4.69) is 35.4 Å². The molecular weight excluding hydrogens is 240 g/mol. The van der Waals surface area contributed by atoms with Gasteiger partial charge in [-0.05, 0) is 42.0 Å². The first kappa shape index (κ1) is 11.8. The Morgan fingerprint density at radius 3 is 3.00 bits per heavy atom. The molecule has 2 aromatic rings. The summed E-state index contributed by atoms with van der Waals surface area (Å²) in [5.74, 6) is 0. The average molecular weight is 258 g/mol. The lowest BCUT2D eigenvalue weighted by Gasteiger charge is -2.33. The molecule has 3 rings (SSSR count). The Morgan fingerprint density at radius 1 is 1.33 bits per heavy atom. The molecule has 1 aliphatic heterocycles. The van der Waals surface area contributed by atoms with Crippen LogP contribution in [0.1, 0.15) is 29.0 Å². The molecule has 0 fully saturated rings. The molecule has 2 nitrogen and oxygen atoms in total. The Kier molecular flexibility index (Phi) is 3.10. The SMILES string of the molecule is CC1c2ccsc2CCN1Cc1ccccc1N. The highest BCUT2D eigenvalue weighted by atomic mass is 32.1. The fourth-order valence-electron chi connectivity index (χ4n) is 2.67. The zero-order chi connectivity index (χ0) is 12.5. The van der Waals surface area contributed by atoms with Crippen LogP contribution in [0.3, 0.4) is 0 Å². The van der Waals surface area contributed by atoms with E-state index in [9.17, 15) is 0 Å². The van der Waals surface area contributed by atoms with Crippen molar-refractivity contribution in [2.45, 2.75) is 25.9 Å². The second kappa shape index (κ2) is 4.75. The number of fused-ring (bicyclic) bond motifs is 1. The lowest BCUT2D eigenvalue weighted by molar-refractivity contribution is 0.192. The molecule has 0 bridgehead atoms. The van der Waals surface area contributed by atoms with Crippen LogP contribution in [0.15, 0.2) is 35.7 Å². The molecule has 3 heteroatoms. The summed E-state index contributed by atoms with van der Waals surface area (Å²) in [5.41, 5.74) is 9.68. The number of hydrogen-bond acceptors (Lipinski definition) is 3. The van der Waals surface area contributed by atoms with E-state index in [0.29, 0.717) is 6.04 Å². The smallest absolute Gasteiger partial charge is 0.0359 e. The predicted molar refractivity (Wildman–Crippen MR) is 77.7 cm³/mol. The summed E-state index contributed by atoms with van der Waals surface area (Å²) in [7, 11) is 0. The molecule has 0 saturated heterocycles. The van der Waals surface area contributed by atoms with E-state index in [0.717, 1.165) is 18.8 Å². The molecular formula is C15H18N2S. The van der Waals surface area contributed by atoms with Crippen molar-refractivity contribution in [3.8, 4) is 0 Å². The van der Waals surface area contributed by atoms with Crippen LogP contribution in [0.25, 0.3) is 0 Å². The molecule has 1 aromatic carbocycles. The summed E-state index contributed by atoms with van der Waals surface area (Å²) in [6, 6.07) is 10.9. The molecule has 1 unspecified atom stereocenters. The van der Waals surface area contributed by atoms with Gasteiger partial charge in [-0.15, -0.1) is 11.3 Å². The van der Waals surface area contributed by atoms with Crippen LogP contribution in [0, 0.1) is 0 Å². The maximum atomic E-state index is 6.03. The van der Waals surface area contributed by atoms with E-state index >= 15 is 0 Å². The lowest BCUT2D eigenvalue weighted by Crippen LogP contribution is -2.32. The minimum Gasteiger partial charge on any atom is -0.398 e. The van der Waals surface area contributed by atoms with E-state index in [1.54, 1.807) is 4.88 Å². The Morgan fingerprint density at radius 2 is 2.17 bits per heavy atom. The monoisotopic (exact) mass is 258 g/mol. The Labute approximate surface area is 112 Å². The van der Waals surface area contributed by atoms with Crippen LogP contribution < -0.4 is 5.73 Å². The highest BCUT2D eigenvalue weighted by Gasteiger charge is 2.24. The summed E-state index contributed by atoms with van der Waals surface area (Å²) >= 11 is 1.89. The van der Waals surface area contributed by atoms with Gasteiger partial charge in [0, 0.05) is 29.7 Å². The van der Waals surface area contributed by atoms with Gasteiger partial charge in [0.1, 0.15) is 0 Å². The molecule has 2 N–H and O–H groups in total. The first-order valence-electron chi connectivity index (χ1n) is 6.39. The summed E-state index contributed by atoms with van der Waals surface area (Å²) < 4.78 is 0. The number of nitrogen functional groups attached to an aromatic ring is 1. The Bertz CT molecular complexity index is 547. The van der Waals surface area contributed by atoms with Crippen LogP contribution in [0.4, 0.5) is 5.69 Å². The standard InChI is InChI=1S/C15H18N2S/c1-11-13-7-9-18-15(13)6-8-17(11)10-12-4-2-3-5-14(12)16/h2-5,7,9,11H,6,8,10,16H2,1H3. The van der Waals surface area contributed by atoms with Crippen LogP contribution in [-0.4, -0.2) is 11.4 Å². The van der Waals surface area contributed by atoms with Crippen LogP contribution in [0.2, 0.25) is 0 Å². The quantitative estimate of drug-likeness (QED) is 0.836. The van der Waals surface area contributed by atoms with Gasteiger partial charge in [0.25, 0.3) is 0 Å². The molecule has 0 amide bonds. The van der Waals surface area contributed by atoms with Gasteiger partial charge in [0.05, 0.1) is 0 Å². The van der Waals surface area contributed by atoms with Crippen molar-refractivity contribution >= 4 is 17.0 Å². The molecule has 1 aromatic heterocycles. The molecule has 0 saturated carbocycles. The van der Waals surface area contributed by atoms with Gasteiger partial charge in [-0.1, -0.05) is 18.2 Å². The van der Waals surface area contributed by atoms with Gasteiger partial charge in [0.2, 0.25) is 0 Å². The van der Waals surface area contributed by atoms with Gasteiger partial charge in [-0.3, -0.25) is 4.90 Å². The second-order valence-corrected chi connectivity index (χ2v) is 5.90. The van der Waals surface area contributed by atoms with Crippen molar-refractivity contribution in [1.29, 1.82) is 0 Å². The third-order valence-corrected chi connectivity index (χ3v) is 4.83. The summed E-state index contributed by atoms with van der Waals surface area (Å²) in [5, 5.41) is 2.21. The van der Waals surface area contributed by atoms with Crippen molar-refractivity contribution in [3.63, 3.8) is 0 Å². The summed E-state index contributed by atoms with van der Waals surface area (Å²) in [6.45, 7) is 4.37. The van der Waals surface area contributed by atoms with Crippen molar-refractivity contribution in [1.82, 2.24) is 4.90 Å². The third kappa shape index (κ3) is 2.04. The number of thiophene rings is 1. The highest BCUT2D eigenvalue weighted by molar-refractivity contribution is 7.10. The van der Waals surface area contributed by atoms with Gasteiger partial charge in [-0.2, -0.15) is 0 Å². The van der Waals surface area contributed by atoms with E-state index in [1.807, 2.05) is 23.5 Å². The van der Waals surface area contributed by atoms with Crippen molar-refractivity contribution in [3.05, 3.63) is 51.7 Å². The van der Waals surface area contributed by atoms with Gasteiger partial charge in [-0.25, -0.2) is 0 Å².